The first-order valence-electron chi connectivity index (χ1n) is 10.5. The Morgan fingerprint density at radius 2 is 1.83 bits per heavy atom. The predicted molar refractivity (Wildman–Crippen MR) is 111 cm³/mol. The minimum atomic E-state index is -1.02. The zero-order chi connectivity index (χ0) is 20.7. The smallest absolute Gasteiger partial charge is 0.354 e. The van der Waals surface area contributed by atoms with Gasteiger partial charge in [0.2, 0.25) is 5.95 Å². The zero-order valence-corrected chi connectivity index (χ0v) is 16.8. The van der Waals surface area contributed by atoms with E-state index in [1.54, 1.807) is 6.07 Å². The fourth-order valence-corrected chi connectivity index (χ4v) is 4.93. The molecule has 1 spiro atoms. The Morgan fingerprint density at radius 3 is 2.57 bits per heavy atom. The van der Waals surface area contributed by atoms with Gasteiger partial charge in [0.15, 0.2) is 5.69 Å². The number of aromatic carboxylic acids is 1. The van der Waals surface area contributed by atoms with Crippen molar-refractivity contribution in [3.05, 3.63) is 45.5 Å². The van der Waals surface area contributed by atoms with Crippen LogP contribution in [0.1, 0.15) is 41.0 Å². The lowest BCUT2D eigenvalue weighted by Crippen LogP contribution is -2.43. The number of aromatic nitrogens is 3. The maximum atomic E-state index is 12.8. The molecule has 158 valence electrons. The standard InChI is InChI=1S/C21H25N5O4/c27-18-14-4-5-21(17(14)23-20(24-18)26-10-12-30-13-11-26)6-8-25(9-7-21)16-3-1-2-15(22-16)19(28)29/h1-3H,4-13H2,(H,28,29)(H,23,24,27). The molecule has 2 N–H and O–H groups in total. The molecule has 0 atom stereocenters. The number of H-pyrrole nitrogens is 1. The van der Waals surface area contributed by atoms with Crippen molar-refractivity contribution >= 4 is 17.7 Å². The van der Waals surface area contributed by atoms with Gasteiger partial charge in [0.1, 0.15) is 5.82 Å². The highest BCUT2D eigenvalue weighted by molar-refractivity contribution is 5.85. The number of rotatable bonds is 3. The number of hydrogen-bond donors (Lipinski definition) is 2. The highest BCUT2D eigenvalue weighted by Gasteiger charge is 2.44. The lowest BCUT2D eigenvalue weighted by atomic mass is 9.76. The number of hydrogen-bond acceptors (Lipinski definition) is 7. The van der Waals surface area contributed by atoms with Crippen LogP contribution in [-0.4, -0.2) is 65.4 Å². The maximum Gasteiger partial charge on any atom is 0.354 e. The second-order valence-corrected chi connectivity index (χ2v) is 8.27. The van der Waals surface area contributed by atoms with E-state index in [2.05, 4.69) is 19.8 Å². The number of anilines is 2. The minimum absolute atomic E-state index is 0.0170. The first-order valence-corrected chi connectivity index (χ1v) is 10.5. The molecule has 2 aliphatic heterocycles. The number of nitrogens with one attached hydrogen (secondary N) is 1. The molecule has 1 aliphatic carbocycles. The van der Waals surface area contributed by atoms with Crippen LogP contribution in [0.15, 0.2) is 23.0 Å². The van der Waals surface area contributed by atoms with E-state index in [9.17, 15) is 14.7 Å². The Morgan fingerprint density at radius 1 is 1.07 bits per heavy atom. The van der Waals surface area contributed by atoms with Gasteiger partial charge in [-0.15, -0.1) is 0 Å². The van der Waals surface area contributed by atoms with Gasteiger partial charge in [0.25, 0.3) is 5.56 Å². The summed E-state index contributed by atoms with van der Waals surface area (Å²) in [5.74, 6) is 0.326. The van der Waals surface area contributed by atoms with E-state index in [-0.39, 0.29) is 16.7 Å². The monoisotopic (exact) mass is 411 g/mol. The van der Waals surface area contributed by atoms with E-state index >= 15 is 0 Å². The SMILES string of the molecule is O=C(O)c1cccc(N2CCC3(CCc4c3nc(N3CCOCC3)[nH]c4=O)CC2)n1. The summed E-state index contributed by atoms with van der Waals surface area (Å²) in [5, 5.41) is 9.21. The van der Waals surface area contributed by atoms with Crippen molar-refractivity contribution in [3.63, 3.8) is 0 Å². The normalized spacial score (nSPS) is 20.4. The summed E-state index contributed by atoms with van der Waals surface area (Å²) in [6.07, 6.45) is 3.44. The van der Waals surface area contributed by atoms with Crippen LogP contribution in [0.5, 0.6) is 0 Å². The predicted octanol–water partition coefficient (Wildman–Crippen LogP) is 1.18. The molecule has 2 aromatic heterocycles. The topological polar surface area (TPSA) is 112 Å². The number of fused-ring (bicyclic) bond motifs is 2. The van der Waals surface area contributed by atoms with Gasteiger partial charge in [-0.05, 0) is 37.8 Å². The van der Waals surface area contributed by atoms with Gasteiger partial charge in [-0.3, -0.25) is 9.78 Å². The third-order valence-corrected chi connectivity index (χ3v) is 6.67. The van der Waals surface area contributed by atoms with E-state index in [0.29, 0.717) is 25.0 Å². The number of carboxylic acids is 1. The maximum absolute atomic E-state index is 12.8. The van der Waals surface area contributed by atoms with Crippen molar-refractivity contribution in [1.82, 2.24) is 15.0 Å². The summed E-state index contributed by atoms with van der Waals surface area (Å²) in [5.41, 5.74) is 1.73. The number of nitrogens with zero attached hydrogens (tertiary/aromatic N) is 4. The van der Waals surface area contributed by atoms with E-state index in [1.165, 1.54) is 6.07 Å². The van der Waals surface area contributed by atoms with Crippen LogP contribution in [-0.2, 0) is 16.6 Å². The third kappa shape index (κ3) is 3.23. The van der Waals surface area contributed by atoms with Crippen molar-refractivity contribution in [3.8, 4) is 0 Å². The molecule has 0 aromatic carbocycles. The number of morpholine rings is 1. The number of aromatic amines is 1. The molecule has 0 unspecified atom stereocenters. The van der Waals surface area contributed by atoms with Gasteiger partial charge < -0.3 is 19.6 Å². The van der Waals surface area contributed by atoms with Gasteiger partial charge in [-0.2, -0.15) is 0 Å². The number of pyridine rings is 1. The van der Waals surface area contributed by atoms with Gasteiger partial charge in [0.05, 0.1) is 18.9 Å². The van der Waals surface area contributed by atoms with E-state index in [0.717, 1.165) is 63.1 Å². The van der Waals surface area contributed by atoms with E-state index in [4.69, 9.17) is 9.72 Å². The highest BCUT2D eigenvalue weighted by Crippen LogP contribution is 2.45. The Kier molecular flexibility index (Phi) is 4.69. The van der Waals surface area contributed by atoms with Crippen LogP contribution in [0, 0.1) is 0 Å². The number of ether oxygens (including phenoxy) is 1. The molecule has 0 bridgehead atoms. The first kappa shape index (κ1) is 19.0. The second kappa shape index (κ2) is 7.39. The van der Waals surface area contributed by atoms with Gasteiger partial charge >= 0.3 is 5.97 Å². The first-order chi connectivity index (χ1) is 14.6. The second-order valence-electron chi connectivity index (χ2n) is 8.27. The Hall–Kier alpha value is -2.94. The molecule has 2 fully saturated rings. The van der Waals surface area contributed by atoms with Crippen LogP contribution in [0.2, 0.25) is 0 Å². The molecule has 4 heterocycles. The summed E-state index contributed by atoms with van der Waals surface area (Å²) in [6.45, 7) is 4.27. The van der Waals surface area contributed by atoms with Gasteiger partial charge in [-0.25, -0.2) is 14.8 Å². The van der Waals surface area contributed by atoms with E-state index in [1.807, 2.05) is 6.07 Å². The van der Waals surface area contributed by atoms with Crippen LogP contribution in [0.25, 0.3) is 0 Å². The molecule has 0 amide bonds. The number of carboxylic acid groups (broad SMARTS) is 1. The lowest BCUT2D eigenvalue weighted by Gasteiger charge is -2.40. The largest absolute Gasteiger partial charge is 0.477 e. The summed E-state index contributed by atoms with van der Waals surface area (Å²) in [4.78, 5) is 40.4. The molecule has 9 nitrogen and oxygen atoms in total. The quantitative estimate of drug-likeness (QED) is 0.775. The van der Waals surface area contributed by atoms with Crippen LogP contribution >= 0.6 is 0 Å². The highest BCUT2D eigenvalue weighted by atomic mass is 16.5. The zero-order valence-electron chi connectivity index (χ0n) is 16.8. The van der Waals surface area contributed by atoms with Gasteiger partial charge in [0, 0.05) is 37.2 Å². The minimum Gasteiger partial charge on any atom is -0.477 e. The van der Waals surface area contributed by atoms with Crippen LogP contribution in [0.4, 0.5) is 11.8 Å². The summed E-state index contributed by atoms with van der Waals surface area (Å²) in [7, 11) is 0. The summed E-state index contributed by atoms with van der Waals surface area (Å²) in [6, 6.07) is 5.09. The Bertz CT molecular complexity index is 1020. The third-order valence-electron chi connectivity index (χ3n) is 6.67. The molecular weight excluding hydrogens is 386 g/mol. The molecule has 9 heteroatoms. The average Bonchev–Trinajstić information content (AvgIpc) is 3.13. The number of carbonyl (C=O) groups is 1. The number of piperidine rings is 1. The summed E-state index contributed by atoms with van der Waals surface area (Å²) < 4.78 is 5.42. The molecular formula is C21H25N5O4. The lowest BCUT2D eigenvalue weighted by molar-refractivity contribution is 0.0690. The van der Waals surface area contributed by atoms with Crippen LogP contribution < -0.4 is 15.4 Å². The van der Waals surface area contributed by atoms with Crippen molar-refractivity contribution in [2.75, 3.05) is 49.2 Å². The molecule has 2 aromatic rings. The summed E-state index contributed by atoms with van der Waals surface area (Å²) >= 11 is 0. The molecule has 3 aliphatic rings. The van der Waals surface area contributed by atoms with E-state index < -0.39 is 5.97 Å². The van der Waals surface area contributed by atoms with Crippen molar-refractivity contribution < 1.29 is 14.6 Å². The Labute approximate surface area is 173 Å². The van der Waals surface area contributed by atoms with Crippen molar-refractivity contribution in [1.29, 1.82) is 0 Å². The molecule has 2 saturated heterocycles. The van der Waals surface area contributed by atoms with Crippen molar-refractivity contribution in [2.24, 2.45) is 0 Å². The molecule has 0 saturated carbocycles. The average molecular weight is 411 g/mol. The molecule has 30 heavy (non-hydrogen) atoms. The van der Waals surface area contributed by atoms with Gasteiger partial charge in [-0.1, -0.05) is 6.07 Å². The van der Waals surface area contributed by atoms with Crippen LogP contribution in [0.3, 0.4) is 0 Å². The fraction of sp³-hybridized carbons (Fsp3) is 0.524. The molecule has 5 rings (SSSR count). The Balaban J connectivity index is 1.39. The molecule has 0 radical (unpaired) electrons. The fourth-order valence-electron chi connectivity index (χ4n) is 4.93. The van der Waals surface area contributed by atoms with Crippen molar-refractivity contribution in [2.45, 2.75) is 31.1 Å².